The molecule has 3 nitrogen and oxygen atoms in total. The van der Waals surface area contributed by atoms with Gasteiger partial charge in [0.25, 0.3) is 0 Å². The SMILES string of the molecule is C=CC(=O)OCC[N+](C)(CCCCCCCCC)CCCCCCCCC. The van der Waals surface area contributed by atoms with Crippen LogP contribution in [0.2, 0.25) is 0 Å². The van der Waals surface area contributed by atoms with E-state index in [4.69, 9.17) is 4.74 Å². The van der Waals surface area contributed by atoms with Gasteiger partial charge < -0.3 is 9.22 Å². The minimum atomic E-state index is -0.298. The molecule has 0 aromatic heterocycles. The van der Waals surface area contributed by atoms with Crippen molar-refractivity contribution in [3.63, 3.8) is 0 Å². The first-order valence-corrected chi connectivity index (χ1v) is 11.7. The fourth-order valence-corrected chi connectivity index (χ4v) is 3.66. The highest BCUT2D eigenvalue weighted by molar-refractivity contribution is 5.81. The molecule has 0 bridgehead atoms. The van der Waals surface area contributed by atoms with E-state index in [1.807, 2.05) is 0 Å². The Labute approximate surface area is 170 Å². The first-order valence-electron chi connectivity index (χ1n) is 11.7. The number of carbonyl (C=O) groups is 1. The molecule has 0 N–H and O–H groups in total. The number of ether oxygens (including phenoxy) is 1. The Hall–Kier alpha value is -0.830. The number of unbranched alkanes of at least 4 members (excludes halogenated alkanes) is 12. The molecule has 160 valence electrons. The number of likely N-dealkylation sites (N-methyl/N-ethyl adjacent to an activating group) is 1. The molecule has 0 aliphatic rings. The molecule has 0 fully saturated rings. The Morgan fingerprint density at radius 3 is 1.56 bits per heavy atom. The van der Waals surface area contributed by atoms with Crippen molar-refractivity contribution in [3.8, 4) is 0 Å². The van der Waals surface area contributed by atoms with Crippen molar-refractivity contribution in [3.05, 3.63) is 12.7 Å². The second-order valence-electron chi connectivity index (χ2n) is 8.40. The number of nitrogens with zero attached hydrogens (tertiary/aromatic N) is 1. The number of hydrogen-bond donors (Lipinski definition) is 0. The van der Waals surface area contributed by atoms with Crippen LogP contribution < -0.4 is 0 Å². The molecule has 0 saturated heterocycles. The van der Waals surface area contributed by atoms with Gasteiger partial charge in [0.15, 0.2) is 0 Å². The highest BCUT2D eigenvalue weighted by Crippen LogP contribution is 2.14. The summed E-state index contributed by atoms with van der Waals surface area (Å²) in [5, 5.41) is 0. The van der Waals surface area contributed by atoms with E-state index in [0.29, 0.717) is 6.61 Å². The van der Waals surface area contributed by atoms with E-state index in [0.717, 1.165) is 11.0 Å². The Morgan fingerprint density at radius 1 is 0.741 bits per heavy atom. The highest BCUT2D eigenvalue weighted by atomic mass is 16.5. The summed E-state index contributed by atoms with van der Waals surface area (Å²) in [7, 11) is 2.34. The Morgan fingerprint density at radius 2 is 1.15 bits per heavy atom. The second kappa shape index (κ2) is 18.5. The van der Waals surface area contributed by atoms with Gasteiger partial charge in [0.2, 0.25) is 0 Å². The molecular formula is C24H48NO2+. The largest absolute Gasteiger partial charge is 0.457 e. The first-order chi connectivity index (χ1) is 13.1. The van der Waals surface area contributed by atoms with E-state index in [9.17, 15) is 4.79 Å². The number of quaternary nitrogens is 1. The van der Waals surface area contributed by atoms with Gasteiger partial charge in [-0.2, -0.15) is 0 Å². The third kappa shape index (κ3) is 17.0. The lowest BCUT2D eigenvalue weighted by Crippen LogP contribution is -2.48. The maximum Gasteiger partial charge on any atom is 0.330 e. The summed E-state index contributed by atoms with van der Waals surface area (Å²) >= 11 is 0. The Bertz CT molecular complexity index is 336. The molecule has 0 atom stereocenters. The summed E-state index contributed by atoms with van der Waals surface area (Å²) in [6.45, 7) is 11.9. The van der Waals surface area contributed by atoms with Crippen LogP contribution in [0.25, 0.3) is 0 Å². The third-order valence-corrected chi connectivity index (χ3v) is 5.65. The van der Waals surface area contributed by atoms with Crippen LogP contribution in [0.15, 0.2) is 12.7 Å². The molecule has 0 unspecified atom stereocenters. The molecule has 0 aromatic carbocycles. The van der Waals surface area contributed by atoms with Crippen LogP contribution in [0.1, 0.15) is 104 Å². The molecule has 0 aromatic rings. The highest BCUT2D eigenvalue weighted by Gasteiger charge is 2.21. The average Bonchev–Trinajstić information content (AvgIpc) is 2.66. The molecule has 27 heavy (non-hydrogen) atoms. The van der Waals surface area contributed by atoms with Gasteiger partial charge in [-0.05, 0) is 25.7 Å². The normalized spacial score (nSPS) is 11.5. The van der Waals surface area contributed by atoms with Crippen LogP contribution in [0, 0.1) is 0 Å². The van der Waals surface area contributed by atoms with Crippen molar-refractivity contribution in [1.29, 1.82) is 0 Å². The molecule has 0 amide bonds. The van der Waals surface area contributed by atoms with E-state index in [1.54, 1.807) is 0 Å². The molecule has 0 aliphatic heterocycles. The van der Waals surface area contributed by atoms with Crippen molar-refractivity contribution < 1.29 is 14.0 Å². The van der Waals surface area contributed by atoms with Crippen LogP contribution in [0.4, 0.5) is 0 Å². The summed E-state index contributed by atoms with van der Waals surface area (Å²) < 4.78 is 6.29. The lowest BCUT2D eigenvalue weighted by atomic mass is 10.1. The van der Waals surface area contributed by atoms with Gasteiger partial charge in [0, 0.05) is 6.08 Å². The molecular weight excluding hydrogens is 334 g/mol. The standard InChI is InChI=1S/C24H48NO2/c1-5-8-10-12-14-16-18-20-25(4,22-23-27-24(26)7-3)21-19-17-15-13-11-9-6-2/h7H,3,5-6,8-23H2,1-2,4H3/q+1. The lowest BCUT2D eigenvalue weighted by Gasteiger charge is -2.34. The lowest BCUT2D eigenvalue weighted by molar-refractivity contribution is -0.910. The average molecular weight is 383 g/mol. The minimum Gasteiger partial charge on any atom is -0.457 e. The first kappa shape index (κ1) is 26.2. The number of hydrogen-bond acceptors (Lipinski definition) is 2. The quantitative estimate of drug-likeness (QED) is 0.102. The maximum absolute atomic E-state index is 11.3. The summed E-state index contributed by atoms with van der Waals surface area (Å²) in [6, 6.07) is 0. The van der Waals surface area contributed by atoms with Crippen molar-refractivity contribution in [2.75, 3.05) is 33.3 Å². The van der Waals surface area contributed by atoms with Crippen LogP contribution in [0.3, 0.4) is 0 Å². The van der Waals surface area contributed by atoms with Gasteiger partial charge >= 0.3 is 5.97 Å². The predicted molar refractivity (Wildman–Crippen MR) is 118 cm³/mol. The monoisotopic (exact) mass is 382 g/mol. The van der Waals surface area contributed by atoms with Crippen molar-refractivity contribution in [2.24, 2.45) is 0 Å². The summed E-state index contributed by atoms with van der Waals surface area (Å²) in [4.78, 5) is 11.3. The zero-order valence-electron chi connectivity index (χ0n) is 18.8. The zero-order valence-corrected chi connectivity index (χ0v) is 18.8. The van der Waals surface area contributed by atoms with Crippen molar-refractivity contribution in [2.45, 2.75) is 104 Å². The topological polar surface area (TPSA) is 26.3 Å². The molecule has 0 heterocycles. The summed E-state index contributed by atoms with van der Waals surface area (Å²) in [6.07, 6.45) is 20.2. The van der Waals surface area contributed by atoms with E-state index >= 15 is 0 Å². The maximum atomic E-state index is 11.3. The van der Waals surface area contributed by atoms with Gasteiger partial charge in [-0.15, -0.1) is 0 Å². The van der Waals surface area contributed by atoms with E-state index in [1.165, 1.54) is 109 Å². The molecule has 0 rings (SSSR count). The molecule has 0 spiro atoms. The predicted octanol–water partition coefficient (Wildman–Crippen LogP) is 6.66. The summed E-state index contributed by atoms with van der Waals surface area (Å²) in [5.74, 6) is -0.298. The van der Waals surface area contributed by atoms with E-state index in [2.05, 4.69) is 27.5 Å². The van der Waals surface area contributed by atoms with Gasteiger partial charge in [-0.1, -0.05) is 84.6 Å². The molecule has 0 aliphatic carbocycles. The Balaban J connectivity index is 4.11. The van der Waals surface area contributed by atoms with Crippen LogP contribution in [-0.2, 0) is 9.53 Å². The van der Waals surface area contributed by atoms with Gasteiger partial charge in [-0.3, -0.25) is 0 Å². The second-order valence-corrected chi connectivity index (χ2v) is 8.40. The van der Waals surface area contributed by atoms with Crippen LogP contribution >= 0.6 is 0 Å². The molecule has 0 radical (unpaired) electrons. The number of esters is 1. The number of carbonyl (C=O) groups excluding carboxylic acids is 1. The van der Waals surface area contributed by atoms with Crippen molar-refractivity contribution >= 4 is 5.97 Å². The van der Waals surface area contributed by atoms with E-state index < -0.39 is 0 Å². The minimum absolute atomic E-state index is 0.298. The van der Waals surface area contributed by atoms with Crippen molar-refractivity contribution in [1.82, 2.24) is 0 Å². The number of rotatable bonds is 20. The molecule has 3 heteroatoms. The van der Waals surface area contributed by atoms with Gasteiger partial charge in [-0.25, -0.2) is 4.79 Å². The Kier molecular flexibility index (Phi) is 18.0. The smallest absolute Gasteiger partial charge is 0.330 e. The zero-order chi connectivity index (χ0) is 20.2. The fraction of sp³-hybridized carbons (Fsp3) is 0.875. The summed E-state index contributed by atoms with van der Waals surface area (Å²) in [5.41, 5.74) is 0. The van der Waals surface area contributed by atoms with E-state index in [-0.39, 0.29) is 5.97 Å². The third-order valence-electron chi connectivity index (χ3n) is 5.65. The van der Waals surface area contributed by atoms with Crippen LogP contribution in [0.5, 0.6) is 0 Å². The van der Waals surface area contributed by atoms with Crippen LogP contribution in [-0.4, -0.2) is 43.7 Å². The fourth-order valence-electron chi connectivity index (χ4n) is 3.66. The van der Waals surface area contributed by atoms with Gasteiger partial charge in [0.1, 0.15) is 13.2 Å². The molecule has 0 saturated carbocycles. The van der Waals surface area contributed by atoms with Gasteiger partial charge in [0.05, 0.1) is 20.1 Å².